The third-order valence-corrected chi connectivity index (χ3v) is 2.14. The van der Waals surface area contributed by atoms with Crippen molar-refractivity contribution in [3.8, 4) is 5.75 Å². The second-order valence-electron chi connectivity index (χ2n) is 2.69. The van der Waals surface area contributed by atoms with Crippen molar-refractivity contribution in [1.29, 1.82) is 0 Å². The molecule has 0 heterocycles. The number of hydrogen-bond acceptors (Lipinski definition) is 1. The summed E-state index contributed by atoms with van der Waals surface area (Å²) in [4.78, 5) is 0. The van der Waals surface area contributed by atoms with E-state index in [4.69, 9.17) is 0 Å². The van der Waals surface area contributed by atoms with E-state index >= 15 is 0 Å². The zero-order valence-electron chi connectivity index (χ0n) is 7.29. The largest absolute Gasteiger partial charge is 0.573 e. The third-order valence-electron chi connectivity index (χ3n) is 1.48. The van der Waals surface area contributed by atoms with E-state index in [1.165, 1.54) is 0 Å². The zero-order chi connectivity index (χ0) is 12.6. The predicted octanol–water partition coefficient (Wildman–Crippen LogP) is 4.37. The Morgan fingerprint density at radius 3 is 2.00 bits per heavy atom. The normalized spacial score (nSPS) is 12.7. The summed E-state index contributed by atoms with van der Waals surface area (Å²) in [5, 5.41) is 0. The maximum absolute atomic E-state index is 12.2. The molecule has 0 radical (unpaired) electrons. The van der Waals surface area contributed by atoms with E-state index in [1.54, 1.807) is 0 Å². The number of alkyl halides is 6. The highest BCUT2D eigenvalue weighted by molar-refractivity contribution is 9.10. The Balaban J connectivity index is 3.10. The second kappa shape index (κ2) is 4.15. The van der Waals surface area contributed by atoms with Crippen LogP contribution in [0.5, 0.6) is 5.75 Å². The van der Waals surface area contributed by atoms with Gasteiger partial charge in [-0.25, -0.2) is 0 Å². The van der Waals surface area contributed by atoms with Crippen LogP contribution in [0.3, 0.4) is 0 Å². The van der Waals surface area contributed by atoms with Crippen molar-refractivity contribution in [2.24, 2.45) is 0 Å². The standard InChI is InChI=1S/C8H3BrF6O/c9-5-2-1-4(7(10,11)12)3-6(5)16-8(13,14)15/h1-3H. The number of hydrogen-bond donors (Lipinski definition) is 0. The van der Waals surface area contributed by atoms with Crippen molar-refractivity contribution in [3.05, 3.63) is 28.2 Å². The number of benzene rings is 1. The van der Waals surface area contributed by atoms with Crippen molar-refractivity contribution in [1.82, 2.24) is 0 Å². The van der Waals surface area contributed by atoms with Crippen molar-refractivity contribution in [3.63, 3.8) is 0 Å². The van der Waals surface area contributed by atoms with E-state index in [0.717, 1.165) is 6.07 Å². The minimum absolute atomic E-state index is 0.210. The molecular formula is C8H3BrF6O. The summed E-state index contributed by atoms with van der Waals surface area (Å²) >= 11 is 2.66. The Kier molecular flexibility index (Phi) is 3.41. The SMILES string of the molecule is FC(F)(F)Oc1cc(C(F)(F)F)ccc1Br. The Morgan fingerprint density at radius 1 is 1.00 bits per heavy atom. The monoisotopic (exact) mass is 308 g/mol. The summed E-state index contributed by atoms with van der Waals surface area (Å²) < 4.78 is 75.2. The van der Waals surface area contributed by atoms with Crippen LogP contribution in [-0.2, 0) is 6.18 Å². The second-order valence-corrected chi connectivity index (χ2v) is 3.55. The summed E-state index contributed by atoms with van der Waals surface area (Å²) in [6.45, 7) is 0. The lowest BCUT2D eigenvalue weighted by Crippen LogP contribution is -2.18. The van der Waals surface area contributed by atoms with E-state index in [2.05, 4.69) is 20.7 Å². The first-order valence-electron chi connectivity index (χ1n) is 3.72. The van der Waals surface area contributed by atoms with Gasteiger partial charge >= 0.3 is 12.5 Å². The fourth-order valence-electron chi connectivity index (χ4n) is 0.883. The average Bonchev–Trinajstić information content (AvgIpc) is 2.04. The predicted molar refractivity (Wildman–Crippen MR) is 45.8 cm³/mol. The zero-order valence-corrected chi connectivity index (χ0v) is 8.87. The van der Waals surface area contributed by atoms with Crippen LogP contribution in [0, 0.1) is 0 Å². The smallest absolute Gasteiger partial charge is 0.405 e. The van der Waals surface area contributed by atoms with Crippen LogP contribution in [0.15, 0.2) is 22.7 Å². The number of ether oxygens (including phenoxy) is 1. The lowest BCUT2D eigenvalue weighted by molar-refractivity contribution is -0.275. The van der Waals surface area contributed by atoms with Gasteiger partial charge in [0.25, 0.3) is 0 Å². The molecule has 0 amide bonds. The maximum atomic E-state index is 12.2. The van der Waals surface area contributed by atoms with Crippen LogP contribution < -0.4 is 4.74 Å². The Hall–Kier alpha value is -0.920. The highest BCUT2D eigenvalue weighted by Crippen LogP contribution is 2.37. The van der Waals surface area contributed by atoms with Crippen LogP contribution in [0.2, 0.25) is 0 Å². The van der Waals surface area contributed by atoms with E-state index in [9.17, 15) is 26.3 Å². The molecule has 1 nitrogen and oxygen atoms in total. The van der Waals surface area contributed by atoms with Gasteiger partial charge in [0.1, 0.15) is 5.75 Å². The van der Waals surface area contributed by atoms with Crippen molar-refractivity contribution >= 4 is 15.9 Å². The van der Waals surface area contributed by atoms with Gasteiger partial charge in [0.2, 0.25) is 0 Å². The summed E-state index contributed by atoms with van der Waals surface area (Å²) in [6, 6.07) is 1.76. The number of rotatable bonds is 1. The molecule has 0 saturated carbocycles. The van der Waals surface area contributed by atoms with Gasteiger partial charge in [-0.15, -0.1) is 13.2 Å². The van der Waals surface area contributed by atoms with Gasteiger partial charge in [0.05, 0.1) is 10.0 Å². The molecule has 0 N–H and O–H groups in total. The maximum Gasteiger partial charge on any atom is 0.573 e. The van der Waals surface area contributed by atoms with E-state index < -0.39 is 23.9 Å². The molecule has 0 saturated heterocycles. The minimum Gasteiger partial charge on any atom is -0.405 e. The van der Waals surface area contributed by atoms with Crippen LogP contribution in [0.25, 0.3) is 0 Å². The molecule has 0 aromatic heterocycles. The number of halogens is 7. The highest BCUT2D eigenvalue weighted by atomic mass is 79.9. The molecule has 16 heavy (non-hydrogen) atoms. The van der Waals surface area contributed by atoms with Crippen molar-refractivity contribution < 1.29 is 31.1 Å². The van der Waals surface area contributed by atoms with E-state index in [0.29, 0.717) is 6.07 Å². The highest BCUT2D eigenvalue weighted by Gasteiger charge is 2.35. The molecule has 0 fully saturated rings. The van der Waals surface area contributed by atoms with Gasteiger partial charge < -0.3 is 4.74 Å². The molecule has 0 aliphatic rings. The van der Waals surface area contributed by atoms with Crippen LogP contribution >= 0.6 is 15.9 Å². The molecule has 8 heteroatoms. The first-order valence-corrected chi connectivity index (χ1v) is 4.51. The Labute approximate surface area is 94.1 Å². The molecule has 1 aromatic rings. The first kappa shape index (κ1) is 13.1. The van der Waals surface area contributed by atoms with Gasteiger partial charge in [-0.05, 0) is 34.1 Å². The Morgan fingerprint density at radius 2 is 1.56 bits per heavy atom. The summed E-state index contributed by atoms with van der Waals surface area (Å²) in [6.07, 6.45) is -9.75. The quantitative estimate of drug-likeness (QED) is 0.700. The Bertz CT molecular complexity index is 383. The molecule has 1 rings (SSSR count). The van der Waals surface area contributed by atoms with Crippen molar-refractivity contribution in [2.75, 3.05) is 0 Å². The molecule has 1 aromatic carbocycles. The van der Waals surface area contributed by atoms with Crippen molar-refractivity contribution in [2.45, 2.75) is 12.5 Å². The lowest BCUT2D eigenvalue weighted by atomic mass is 10.2. The first-order chi connectivity index (χ1) is 7.09. The third kappa shape index (κ3) is 3.58. The van der Waals surface area contributed by atoms with Gasteiger partial charge in [0, 0.05) is 0 Å². The molecule has 0 aliphatic carbocycles. The molecule has 0 bridgehead atoms. The van der Waals surface area contributed by atoms with Crippen LogP contribution in [-0.4, -0.2) is 6.36 Å². The molecule has 0 spiro atoms. The van der Waals surface area contributed by atoms with Gasteiger partial charge in [0.15, 0.2) is 0 Å². The minimum atomic E-state index is -5.03. The molecule has 0 aliphatic heterocycles. The lowest BCUT2D eigenvalue weighted by Gasteiger charge is -2.13. The fourth-order valence-corrected chi connectivity index (χ4v) is 1.21. The van der Waals surface area contributed by atoms with Crippen LogP contribution in [0.4, 0.5) is 26.3 Å². The summed E-state index contributed by atoms with van der Waals surface area (Å²) in [5.41, 5.74) is -1.21. The molecule has 90 valence electrons. The fraction of sp³-hybridized carbons (Fsp3) is 0.250. The summed E-state index contributed by atoms with van der Waals surface area (Å²) in [7, 11) is 0. The van der Waals surface area contributed by atoms with Gasteiger partial charge in [-0.1, -0.05) is 0 Å². The summed E-state index contributed by atoms with van der Waals surface area (Å²) in [5.74, 6) is -0.928. The molecular weight excluding hydrogens is 306 g/mol. The van der Waals surface area contributed by atoms with E-state index in [-0.39, 0.29) is 10.5 Å². The molecule has 0 atom stereocenters. The van der Waals surface area contributed by atoms with Gasteiger partial charge in [-0.2, -0.15) is 13.2 Å². The van der Waals surface area contributed by atoms with E-state index in [1.807, 2.05) is 0 Å². The molecule has 0 unspecified atom stereocenters. The topological polar surface area (TPSA) is 9.23 Å². The van der Waals surface area contributed by atoms with Gasteiger partial charge in [-0.3, -0.25) is 0 Å². The average molecular weight is 309 g/mol. The van der Waals surface area contributed by atoms with Crippen LogP contribution in [0.1, 0.15) is 5.56 Å².